The molecule has 1 aliphatic heterocycles. The normalized spacial score (nSPS) is 24.9. The first-order valence-electron chi connectivity index (χ1n) is 8.27. The van der Waals surface area contributed by atoms with E-state index >= 15 is 0 Å². The first kappa shape index (κ1) is 17.8. The standard InChI is InChI=1S/C16H30N2O.ClH/c1-13(9-10-14-6-3-2-4-7-14)18-16(19)12-15-8-5-11-17-15;/h13-15,17H,2-12H2,1H3,(H,18,19);1H. The Balaban J connectivity index is 0.00000200. The van der Waals surface area contributed by atoms with E-state index in [1.807, 2.05) is 0 Å². The van der Waals surface area contributed by atoms with E-state index in [1.165, 1.54) is 44.9 Å². The van der Waals surface area contributed by atoms with Crippen molar-refractivity contribution in [2.24, 2.45) is 5.92 Å². The lowest BCUT2D eigenvalue weighted by Gasteiger charge is -2.23. The van der Waals surface area contributed by atoms with Gasteiger partial charge >= 0.3 is 0 Å². The minimum absolute atomic E-state index is 0. The Morgan fingerprint density at radius 2 is 1.95 bits per heavy atom. The van der Waals surface area contributed by atoms with E-state index in [9.17, 15) is 4.79 Å². The van der Waals surface area contributed by atoms with Crippen LogP contribution in [0.1, 0.15) is 71.1 Å². The zero-order chi connectivity index (χ0) is 13.5. The molecule has 1 saturated heterocycles. The molecule has 2 aliphatic rings. The third kappa shape index (κ3) is 6.45. The molecular weight excluding hydrogens is 272 g/mol. The largest absolute Gasteiger partial charge is 0.354 e. The molecule has 4 heteroatoms. The molecule has 2 fully saturated rings. The van der Waals surface area contributed by atoms with Crippen molar-refractivity contribution >= 4 is 18.3 Å². The van der Waals surface area contributed by atoms with Crippen LogP contribution in [0.5, 0.6) is 0 Å². The lowest BCUT2D eigenvalue weighted by molar-refractivity contribution is -0.122. The topological polar surface area (TPSA) is 41.1 Å². The van der Waals surface area contributed by atoms with Gasteiger partial charge in [-0.1, -0.05) is 32.1 Å². The maximum absolute atomic E-state index is 11.9. The van der Waals surface area contributed by atoms with Crippen LogP contribution in [0, 0.1) is 5.92 Å². The van der Waals surface area contributed by atoms with Gasteiger partial charge in [-0.3, -0.25) is 4.79 Å². The summed E-state index contributed by atoms with van der Waals surface area (Å²) in [5.41, 5.74) is 0. The molecule has 2 atom stereocenters. The molecule has 118 valence electrons. The first-order chi connectivity index (χ1) is 9.24. The van der Waals surface area contributed by atoms with Gasteiger partial charge in [0.25, 0.3) is 0 Å². The van der Waals surface area contributed by atoms with Crippen LogP contribution < -0.4 is 10.6 Å². The molecule has 1 saturated carbocycles. The Bertz CT molecular complexity index is 274. The zero-order valence-corrected chi connectivity index (χ0v) is 13.6. The monoisotopic (exact) mass is 302 g/mol. The number of carbonyl (C=O) groups is 1. The fourth-order valence-electron chi connectivity index (χ4n) is 3.52. The Hall–Kier alpha value is -0.280. The number of hydrogen-bond donors (Lipinski definition) is 2. The van der Waals surface area contributed by atoms with Crippen molar-refractivity contribution in [2.45, 2.75) is 83.2 Å². The molecule has 1 amide bonds. The summed E-state index contributed by atoms with van der Waals surface area (Å²) in [5.74, 6) is 1.15. The van der Waals surface area contributed by atoms with Crippen LogP contribution in [0.25, 0.3) is 0 Å². The van der Waals surface area contributed by atoms with Gasteiger partial charge in [0.15, 0.2) is 0 Å². The lowest BCUT2D eigenvalue weighted by atomic mass is 9.85. The Morgan fingerprint density at radius 3 is 2.60 bits per heavy atom. The lowest BCUT2D eigenvalue weighted by Crippen LogP contribution is -2.37. The van der Waals surface area contributed by atoms with E-state index in [2.05, 4.69) is 17.6 Å². The predicted molar refractivity (Wildman–Crippen MR) is 86.3 cm³/mol. The highest BCUT2D eigenvalue weighted by atomic mass is 35.5. The van der Waals surface area contributed by atoms with Gasteiger partial charge in [-0.2, -0.15) is 0 Å². The molecule has 3 nitrogen and oxygen atoms in total. The van der Waals surface area contributed by atoms with Crippen LogP contribution in [0.15, 0.2) is 0 Å². The van der Waals surface area contributed by atoms with Crippen molar-refractivity contribution in [3.63, 3.8) is 0 Å². The third-order valence-electron chi connectivity index (χ3n) is 4.73. The van der Waals surface area contributed by atoms with Crippen LogP contribution in [0.2, 0.25) is 0 Å². The molecule has 20 heavy (non-hydrogen) atoms. The van der Waals surface area contributed by atoms with Crippen molar-refractivity contribution in [2.75, 3.05) is 6.54 Å². The van der Waals surface area contributed by atoms with Gasteiger partial charge in [0.2, 0.25) is 5.91 Å². The number of carbonyl (C=O) groups excluding carboxylic acids is 1. The molecule has 0 aromatic carbocycles. The van der Waals surface area contributed by atoms with Crippen molar-refractivity contribution in [3.05, 3.63) is 0 Å². The van der Waals surface area contributed by atoms with Gasteiger partial charge in [0.05, 0.1) is 0 Å². The second kappa shape index (κ2) is 9.62. The van der Waals surface area contributed by atoms with Crippen LogP contribution in [-0.2, 0) is 4.79 Å². The molecule has 0 spiro atoms. The highest BCUT2D eigenvalue weighted by Gasteiger charge is 2.19. The molecule has 0 aromatic rings. The summed E-state index contributed by atoms with van der Waals surface area (Å²) in [5, 5.41) is 6.55. The summed E-state index contributed by atoms with van der Waals surface area (Å²) in [7, 11) is 0. The third-order valence-corrected chi connectivity index (χ3v) is 4.73. The van der Waals surface area contributed by atoms with Gasteiger partial charge < -0.3 is 10.6 Å². The van der Waals surface area contributed by atoms with E-state index in [-0.39, 0.29) is 18.3 Å². The summed E-state index contributed by atoms with van der Waals surface area (Å²) in [6.45, 7) is 3.23. The SMILES string of the molecule is CC(CCC1CCCCC1)NC(=O)CC1CCCN1.Cl. The smallest absolute Gasteiger partial charge is 0.221 e. The highest BCUT2D eigenvalue weighted by molar-refractivity contribution is 5.85. The minimum atomic E-state index is 0. The quantitative estimate of drug-likeness (QED) is 0.789. The number of hydrogen-bond acceptors (Lipinski definition) is 2. The van der Waals surface area contributed by atoms with Gasteiger partial charge in [0.1, 0.15) is 0 Å². The van der Waals surface area contributed by atoms with Gasteiger partial charge in [-0.25, -0.2) is 0 Å². The van der Waals surface area contributed by atoms with E-state index in [0.29, 0.717) is 18.5 Å². The second-order valence-electron chi connectivity index (χ2n) is 6.55. The number of nitrogens with one attached hydrogen (secondary N) is 2. The summed E-state index contributed by atoms with van der Waals surface area (Å²) < 4.78 is 0. The average Bonchev–Trinajstić information content (AvgIpc) is 2.90. The van der Waals surface area contributed by atoms with Crippen molar-refractivity contribution < 1.29 is 4.79 Å². The van der Waals surface area contributed by atoms with Crippen molar-refractivity contribution in [3.8, 4) is 0 Å². The summed E-state index contributed by atoms with van der Waals surface area (Å²) >= 11 is 0. The van der Waals surface area contributed by atoms with Gasteiger partial charge in [-0.05, 0) is 45.1 Å². The summed E-state index contributed by atoms with van der Waals surface area (Å²) in [6.07, 6.45) is 12.6. The number of amides is 1. The molecule has 2 rings (SSSR count). The van der Waals surface area contributed by atoms with Crippen LogP contribution in [0.4, 0.5) is 0 Å². The summed E-state index contributed by atoms with van der Waals surface area (Å²) in [6, 6.07) is 0.765. The fraction of sp³-hybridized carbons (Fsp3) is 0.938. The molecule has 0 aromatic heterocycles. The molecule has 1 aliphatic carbocycles. The molecule has 0 radical (unpaired) electrons. The van der Waals surface area contributed by atoms with Gasteiger partial charge in [-0.15, -0.1) is 12.4 Å². The zero-order valence-electron chi connectivity index (χ0n) is 12.8. The molecule has 2 N–H and O–H groups in total. The van der Waals surface area contributed by atoms with Crippen molar-refractivity contribution in [1.82, 2.24) is 10.6 Å². The van der Waals surface area contributed by atoms with Crippen LogP contribution in [-0.4, -0.2) is 24.5 Å². The van der Waals surface area contributed by atoms with Crippen molar-refractivity contribution in [1.29, 1.82) is 0 Å². The predicted octanol–water partition coefficient (Wildman–Crippen LogP) is 3.42. The van der Waals surface area contributed by atoms with E-state index in [1.54, 1.807) is 0 Å². The van der Waals surface area contributed by atoms with Crippen LogP contribution >= 0.6 is 12.4 Å². The first-order valence-corrected chi connectivity index (χ1v) is 8.27. The Morgan fingerprint density at radius 1 is 1.20 bits per heavy atom. The van der Waals surface area contributed by atoms with E-state index in [0.717, 1.165) is 25.3 Å². The highest BCUT2D eigenvalue weighted by Crippen LogP contribution is 2.27. The minimum Gasteiger partial charge on any atom is -0.354 e. The van der Waals surface area contributed by atoms with E-state index in [4.69, 9.17) is 0 Å². The Kier molecular flexibility index (Phi) is 8.55. The second-order valence-corrected chi connectivity index (χ2v) is 6.55. The fourth-order valence-corrected chi connectivity index (χ4v) is 3.52. The molecule has 2 unspecified atom stereocenters. The number of halogens is 1. The number of rotatable bonds is 6. The summed E-state index contributed by atoms with van der Waals surface area (Å²) in [4.78, 5) is 11.9. The molecule has 0 bridgehead atoms. The average molecular weight is 303 g/mol. The van der Waals surface area contributed by atoms with Crippen LogP contribution in [0.3, 0.4) is 0 Å². The van der Waals surface area contributed by atoms with E-state index < -0.39 is 0 Å². The maximum Gasteiger partial charge on any atom is 0.221 e. The molecular formula is C16H31ClN2O. The van der Waals surface area contributed by atoms with Gasteiger partial charge in [0, 0.05) is 18.5 Å². The Labute approximate surface area is 130 Å². The maximum atomic E-state index is 11.9. The molecule has 1 heterocycles.